The molecule has 98 valence electrons. The van der Waals surface area contributed by atoms with E-state index in [0.717, 1.165) is 12.1 Å². The second-order valence-electron chi connectivity index (χ2n) is 3.33. The smallest absolute Gasteiger partial charge is 0.338 e. The highest BCUT2D eigenvalue weighted by Crippen LogP contribution is 2.27. The van der Waals surface area contributed by atoms with Gasteiger partial charge in [0.2, 0.25) is 0 Å². The van der Waals surface area contributed by atoms with Crippen LogP contribution in [0.1, 0.15) is 10.4 Å². The second-order valence-corrected chi connectivity index (χ2v) is 4.32. The molecule has 0 bridgehead atoms. The standard InChI is InChI=1S/C10H11FN2O4S/c1-18-3-2-12-8-5-7(11)6(10(14)15)4-9(8)13(16)17/h4-5,12H,2-3H2,1H3,(H,14,15). The number of rotatable bonds is 6. The molecule has 0 aliphatic carbocycles. The third-order valence-electron chi connectivity index (χ3n) is 2.13. The molecular weight excluding hydrogens is 263 g/mol. The molecule has 0 radical (unpaired) electrons. The molecule has 18 heavy (non-hydrogen) atoms. The molecule has 6 nitrogen and oxygen atoms in total. The normalized spacial score (nSPS) is 10.1. The summed E-state index contributed by atoms with van der Waals surface area (Å²) in [4.78, 5) is 20.7. The molecule has 1 rings (SSSR count). The number of nitrogens with one attached hydrogen (secondary N) is 1. The van der Waals surface area contributed by atoms with Gasteiger partial charge in [0.25, 0.3) is 5.69 Å². The summed E-state index contributed by atoms with van der Waals surface area (Å²) in [6.45, 7) is 0.424. The number of thioether (sulfide) groups is 1. The molecule has 0 saturated heterocycles. The van der Waals surface area contributed by atoms with Crippen LogP contribution in [0.15, 0.2) is 12.1 Å². The summed E-state index contributed by atoms with van der Waals surface area (Å²) in [6.07, 6.45) is 1.87. The van der Waals surface area contributed by atoms with Crippen LogP contribution in [0.3, 0.4) is 0 Å². The molecule has 1 aromatic carbocycles. The summed E-state index contributed by atoms with van der Waals surface area (Å²) in [5.41, 5.74) is -1.18. The van der Waals surface area contributed by atoms with Crippen molar-refractivity contribution in [3.8, 4) is 0 Å². The van der Waals surface area contributed by atoms with E-state index in [1.54, 1.807) is 0 Å². The highest BCUT2D eigenvalue weighted by molar-refractivity contribution is 7.98. The number of halogens is 1. The molecule has 0 atom stereocenters. The van der Waals surface area contributed by atoms with E-state index in [1.165, 1.54) is 11.8 Å². The summed E-state index contributed by atoms with van der Waals surface area (Å²) < 4.78 is 13.4. The quantitative estimate of drug-likeness (QED) is 0.469. The van der Waals surface area contributed by atoms with E-state index in [-0.39, 0.29) is 5.69 Å². The molecule has 0 aliphatic rings. The Morgan fingerprint density at radius 1 is 1.61 bits per heavy atom. The van der Waals surface area contributed by atoms with Crippen LogP contribution >= 0.6 is 11.8 Å². The maximum Gasteiger partial charge on any atom is 0.338 e. The minimum atomic E-state index is -1.54. The largest absolute Gasteiger partial charge is 0.478 e. The molecule has 0 fully saturated rings. The Morgan fingerprint density at radius 3 is 2.78 bits per heavy atom. The molecule has 0 unspecified atom stereocenters. The lowest BCUT2D eigenvalue weighted by molar-refractivity contribution is -0.384. The van der Waals surface area contributed by atoms with Crippen molar-refractivity contribution in [1.82, 2.24) is 0 Å². The van der Waals surface area contributed by atoms with E-state index in [1.807, 2.05) is 6.26 Å². The van der Waals surface area contributed by atoms with Crippen LogP contribution < -0.4 is 5.32 Å². The maximum absolute atomic E-state index is 13.4. The average Bonchev–Trinajstić information content (AvgIpc) is 2.28. The lowest BCUT2D eigenvalue weighted by Gasteiger charge is -2.07. The van der Waals surface area contributed by atoms with E-state index >= 15 is 0 Å². The van der Waals surface area contributed by atoms with Crippen LogP contribution in [-0.2, 0) is 0 Å². The summed E-state index contributed by atoms with van der Waals surface area (Å²) in [5, 5.41) is 22.2. The van der Waals surface area contributed by atoms with Crippen LogP contribution in [0.2, 0.25) is 0 Å². The van der Waals surface area contributed by atoms with Crippen molar-refractivity contribution in [3.63, 3.8) is 0 Å². The van der Waals surface area contributed by atoms with Gasteiger partial charge in [-0.25, -0.2) is 9.18 Å². The number of anilines is 1. The third kappa shape index (κ3) is 3.33. The molecule has 0 spiro atoms. The first kappa shape index (κ1) is 14.2. The van der Waals surface area contributed by atoms with Crippen LogP contribution in [0.5, 0.6) is 0 Å². The Morgan fingerprint density at radius 2 is 2.28 bits per heavy atom. The molecular formula is C10H11FN2O4S. The van der Waals surface area contributed by atoms with Gasteiger partial charge in [-0.15, -0.1) is 0 Å². The molecule has 1 aromatic rings. The predicted molar refractivity (Wildman–Crippen MR) is 66.9 cm³/mol. The Kier molecular flexibility index (Phi) is 4.90. The summed E-state index contributed by atoms with van der Waals surface area (Å²) in [7, 11) is 0. The number of hydrogen-bond donors (Lipinski definition) is 2. The van der Waals surface area contributed by atoms with Gasteiger partial charge >= 0.3 is 5.97 Å². The Labute approximate surface area is 106 Å². The lowest BCUT2D eigenvalue weighted by atomic mass is 10.1. The topological polar surface area (TPSA) is 92.5 Å². The number of nitro groups is 1. The van der Waals surface area contributed by atoms with Gasteiger partial charge in [-0.3, -0.25) is 10.1 Å². The molecule has 0 aromatic heterocycles. The van der Waals surface area contributed by atoms with Crippen molar-refractivity contribution < 1.29 is 19.2 Å². The number of benzene rings is 1. The van der Waals surface area contributed by atoms with E-state index in [9.17, 15) is 19.3 Å². The van der Waals surface area contributed by atoms with Gasteiger partial charge in [-0.2, -0.15) is 11.8 Å². The van der Waals surface area contributed by atoms with Crippen molar-refractivity contribution >= 4 is 29.1 Å². The van der Waals surface area contributed by atoms with Crippen LogP contribution in [-0.4, -0.2) is 34.6 Å². The minimum absolute atomic E-state index is 0.0171. The van der Waals surface area contributed by atoms with Crippen molar-refractivity contribution in [3.05, 3.63) is 33.6 Å². The first-order chi connectivity index (χ1) is 8.47. The third-order valence-corrected chi connectivity index (χ3v) is 2.75. The SMILES string of the molecule is CSCCNc1cc(F)c(C(=O)O)cc1[N+](=O)[O-]. The fourth-order valence-electron chi connectivity index (χ4n) is 1.31. The van der Waals surface area contributed by atoms with Gasteiger partial charge in [0, 0.05) is 24.4 Å². The summed E-state index contributed by atoms with van der Waals surface area (Å²) in [6, 6.07) is 1.56. The zero-order chi connectivity index (χ0) is 13.7. The van der Waals surface area contributed by atoms with Crippen LogP contribution in [0.25, 0.3) is 0 Å². The Bertz CT molecular complexity index is 481. The van der Waals surface area contributed by atoms with E-state index < -0.39 is 28.0 Å². The van der Waals surface area contributed by atoms with Gasteiger partial charge in [-0.05, 0) is 6.26 Å². The molecule has 2 N–H and O–H groups in total. The number of aromatic carboxylic acids is 1. The molecule has 0 saturated carbocycles. The van der Waals surface area contributed by atoms with E-state index in [4.69, 9.17) is 5.11 Å². The fraction of sp³-hybridized carbons (Fsp3) is 0.300. The van der Waals surface area contributed by atoms with Gasteiger partial charge in [0.05, 0.1) is 4.92 Å². The molecule has 0 heterocycles. The lowest BCUT2D eigenvalue weighted by Crippen LogP contribution is -2.09. The Hall–Kier alpha value is -1.83. The molecule has 0 amide bonds. The maximum atomic E-state index is 13.4. The zero-order valence-electron chi connectivity index (χ0n) is 9.47. The number of carbonyl (C=O) groups is 1. The highest BCUT2D eigenvalue weighted by atomic mass is 32.2. The summed E-state index contributed by atoms with van der Waals surface area (Å²) in [5.74, 6) is -1.84. The van der Waals surface area contributed by atoms with Gasteiger partial charge < -0.3 is 10.4 Å². The van der Waals surface area contributed by atoms with Crippen molar-refractivity contribution in [2.24, 2.45) is 0 Å². The first-order valence-corrected chi connectivity index (χ1v) is 6.30. The number of hydrogen-bond acceptors (Lipinski definition) is 5. The second kappa shape index (κ2) is 6.20. The van der Waals surface area contributed by atoms with E-state index in [2.05, 4.69) is 5.32 Å². The van der Waals surface area contributed by atoms with Crippen LogP contribution in [0, 0.1) is 15.9 Å². The average molecular weight is 274 g/mol. The predicted octanol–water partition coefficient (Wildman–Crippen LogP) is 2.21. The Balaban J connectivity index is 3.12. The van der Waals surface area contributed by atoms with Gasteiger partial charge in [-0.1, -0.05) is 0 Å². The highest BCUT2D eigenvalue weighted by Gasteiger charge is 2.21. The van der Waals surface area contributed by atoms with Gasteiger partial charge in [0.15, 0.2) is 0 Å². The number of carboxylic acid groups (broad SMARTS) is 1. The molecule has 8 heteroatoms. The number of nitro benzene ring substituents is 1. The van der Waals surface area contributed by atoms with Gasteiger partial charge in [0.1, 0.15) is 17.1 Å². The number of nitrogens with zero attached hydrogens (tertiary/aromatic N) is 1. The first-order valence-electron chi connectivity index (χ1n) is 4.91. The fourth-order valence-corrected chi connectivity index (χ4v) is 1.61. The van der Waals surface area contributed by atoms with Crippen molar-refractivity contribution in [2.75, 3.05) is 23.9 Å². The monoisotopic (exact) mass is 274 g/mol. The molecule has 0 aliphatic heterocycles. The number of carboxylic acids is 1. The van der Waals surface area contributed by atoms with Crippen molar-refractivity contribution in [2.45, 2.75) is 0 Å². The van der Waals surface area contributed by atoms with Crippen molar-refractivity contribution in [1.29, 1.82) is 0 Å². The minimum Gasteiger partial charge on any atom is -0.478 e. The zero-order valence-corrected chi connectivity index (χ0v) is 10.3. The van der Waals surface area contributed by atoms with E-state index in [0.29, 0.717) is 12.3 Å². The summed E-state index contributed by atoms with van der Waals surface area (Å²) >= 11 is 1.53. The van der Waals surface area contributed by atoms with Crippen LogP contribution in [0.4, 0.5) is 15.8 Å².